The van der Waals surface area contributed by atoms with Gasteiger partial charge in [-0.3, -0.25) is 0 Å². The van der Waals surface area contributed by atoms with E-state index < -0.39 is 0 Å². The van der Waals surface area contributed by atoms with Gasteiger partial charge in [0.05, 0.1) is 39.6 Å². The lowest BCUT2D eigenvalue weighted by Gasteiger charge is -2.12. The Balaban J connectivity index is 2.98. The monoisotopic (exact) mass is 222 g/mol. The van der Waals surface area contributed by atoms with E-state index in [9.17, 15) is 0 Å². The first-order valence-electron chi connectivity index (χ1n) is 5.30. The van der Waals surface area contributed by atoms with Crippen molar-refractivity contribution >= 4 is 0 Å². The second-order valence-electron chi connectivity index (χ2n) is 2.84. The smallest absolute Gasteiger partial charge is 0.154 e. The third-order valence-electron chi connectivity index (χ3n) is 1.59. The van der Waals surface area contributed by atoms with Crippen molar-refractivity contribution in [2.24, 2.45) is 0 Å². The molecular formula is C10H22O5. The normalized spacial score (nSPS) is 13.0. The third-order valence-corrected chi connectivity index (χ3v) is 1.59. The van der Waals surface area contributed by atoms with E-state index in [1.54, 1.807) is 0 Å². The van der Waals surface area contributed by atoms with Gasteiger partial charge in [0.1, 0.15) is 0 Å². The summed E-state index contributed by atoms with van der Waals surface area (Å²) < 4.78 is 20.7. The summed E-state index contributed by atoms with van der Waals surface area (Å²) in [5, 5.41) is 8.42. The Labute approximate surface area is 91.3 Å². The van der Waals surface area contributed by atoms with Crippen molar-refractivity contribution in [1.82, 2.24) is 0 Å². The van der Waals surface area contributed by atoms with Crippen LogP contribution in [0.25, 0.3) is 0 Å². The second-order valence-corrected chi connectivity index (χ2v) is 2.84. The minimum Gasteiger partial charge on any atom is -0.394 e. The van der Waals surface area contributed by atoms with Crippen molar-refractivity contribution < 1.29 is 24.1 Å². The maximum atomic E-state index is 8.42. The van der Waals surface area contributed by atoms with Gasteiger partial charge in [-0.1, -0.05) is 0 Å². The minimum absolute atomic E-state index is 0.0506. The highest BCUT2D eigenvalue weighted by atomic mass is 16.7. The van der Waals surface area contributed by atoms with Crippen LogP contribution in [0.15, 0.2) is 0 Å². The highest BCUT2D eigenvalue weighted by molar-refractivity contribution is 4.35. The Hall–Kier alpha value is -0.200. The molecule has 0 heterocycles. The number of ether oxygens (including phenoxy) is 4. The SMILES string of the molecule is CCOC(C)OCCOCCOCCO. The average Bonchev–Trinajstić information content (AvgIpc) is 2.22. The number of hydrogen-bond acceptors (Lipinski definition) is 5. The van der Waals surface area contributed by atoms with Gasteiger partial charge in [0.15, 0.2) is 6.29 Å². The number of aliphatic hydroxyl groups excluding tert-OH is 1. The molecule has 0 bridgehead atoms. The van der Waals surface area contributed by atoms with Gasteiger partial charge in [-0.05, 0) is 13.8 Å². The van der Waals surface area contributed by atoms with Crippen molar-refractivity contribution in [3.8, 4) is 0 Å². The van der Waals surface area contributed by atoms with E-state index in [1.807, 2.05) is 13.8 Å². The quantitative estimate of drug-likeness (QED) is 0.405. The molecule has 15 heavy (non-hydrogen) atoms. The fourth-order valence-corrected chi connectivity index (χ4v) is 0.942. The fourth-order valence-electron chi connectivity index (χ4n) is 0.942. The summed E-state index contributed by atoms with van der Waals surface area (Å²) in [6.45, 7) is 6.91. The molecule has 5 heteroatoms. The van der Waals surface area contributed by atoms with Gasteiger partial charge >= 0.3 is 0 Å². The van der Waals surface area contributed by atoms with Crippen molar-refractivity contribution in [2.45, 2.75) is 20.1 Å². The van der Waals surface area contributed by atoms with Gasteiger partial charge in [0, 0.05) is 6.61 Å². The number of rotatable bonds is 11. The molecule has 1 unspecified atom stereocenters. The van der Waals surface area contributed by atoms with E-state index >= 15 is 0 Å². The van der Waals surface area contributed by atoms with Crippen LogP contribution in [0, 0.1) is 0 Å². The Kier molecular flexibility index (Phi) is 11.7. The molecule has 0 fully saturated rings. The van der Waals surface area contributed by atoms with E-state index in [2.05, 4.69) is 0 Å². The second kappa shape index (κ2) is 11.9. The van der Waals surface area contributed by atoms with Crippen LogP contribution in [0.5, 0.6) is 0 Å². The molecular weight excluding hydrogens is 200 g/mol. The average molecular weight is 222 g/mol. The Morgan fingerprint density at radius 2 is 1.53 bits per heavy atom. The van der Waals surface area contributed by atoms with Crippen LogP contribution in [0.2, 0.25) is 0 Å². The molecule has 0 saturated carbocycles. The van der Waals surface area contributed by atoms with E-state index in [0.29, 0.717) is 39.6 Å². The van der Waals surface area contributed by atoms with Crippen LogP contribution in [0.1, 0.15) is 13.8 Å². The van der Waals surface area contributed by atoms with Gasteiger partial charge in [-0.25, -0.2) is 0 Å². The van der Waals surface area contributed by atoms with E-state index in [4.69, 9.17) is 24.1 Å². The molecule has 0 aromatic rings. The predicted molar refractivity (Wildman–Crippen MR) is 55.8 cm³/mol. The van der Waals surface area contributed by atoms with Crippen LogP contribution in [0.3, 0.4) is 0 Å². The van der Waals surface area contributed by atoms with Gasteiger partial charge < -0.3 is 24.1 Å². The molecule has 1 N–H and O–H groups in total. The predicted octanol–water partition coefficient (Wildman–Crippen LogP) is 0.411. The molecule has 0 aromatic carbocycles. The Morgan fingerprint density at radius 1 is 0.933 bits per heavy atom. The van der Waals surface area contributed by atoms with Gasteiger partial charge in [-0.15, -0.1) is 0 Å². The standard InChI is InChI=1S/C10H22O5/c1-3-14-10(2)15-9-8-13-7-6-12-5-4-11/h10-11H,3-9H2,1-2H3. The molecule has 0 spiro atoms. The lowest BCUT2D eigenvalue weighted by atomic mass is 10.7. The number of aliphatic hydroxyl groups is 1. The molecule has 0 saturated heterocycles. The van der Waals surface area contributed by atoms with E-state index in [1.165, 1.54) is 0 Å². The third kappa shape index (κ3) is 11.7. The lowest BCUT2D eigenvalue weighted by molar-refractivity contribution is -0.137. The summed E-state index contributed by atoms with van der Waals surface area (Å²) in [5.41, 5.74) is 0. The van der Waals surface area contributed by atoms with Crippen LogP contribution >= 0.6 is 0 Å². The lowest BCUT2D eigenvalue weighted by Crippen LogP contribution is -2.17. The van der Waals surface area contributed by atoms with Crippen molar-refractivity contribution in [2.75, 3.05) is 46.2 Å². The molecule has 5 nitrogen and oxygen atoms in total. The molecule has 0 amide bonds. The summed E-state index contributed by atoms with van der Waals surface area (Å²) >= 11 is 0. The molecule has 0 rings (SSSR count). The fraction of sp³-hybridized carbons (Fsp3) is 1.00. The maximum absolute atomic E-state index is 8.42. The molecule has 0 aliphatic heterocycles. The first-order valence-corrected chi connectivity index (χ1v) is 5.30. The zero-order valence-electron chi connectivity index (χ0n) is 9.61. The summed E-state index contributed by atoms with van der Waals surface area (Å²) in [6.07, 6.45) is -0.177. The molecule has 0 radical (unpaired) electrons. The van der Waals surface area contributed by atoms with Gasteiger partial charge in [0.25, 0.3) is 0 Å². The largest absolute Gasteiger partial charge is 0.394 e. The Bertz CT molecular complexity index is 120. The molecule has 0 aliphatic carbocycles. The summed E-state index contributed by atoms with van der Waals surface area (Å²) in [4.78, 5) is 0. The molecule has 92 valence electrons. The Morgan fingerprint density at radius 3 is 2.13 bits per heavy atom. The molecule has 0 aromatic heterocycles. The maximum Gasteiger partial charge on any atom is 0.154 e. The highest BCUT2D eigenvalue weighted by Gasteiger charge is 1.99. The van der Waals surface area contributed by atoms with E-state index in [0.717, 1.165) is 0 Å². The summed E-state index contributed by atoms with van der Waals surface area (Å²) in [5.74, 6) is 0. The van der Waals surface area contributed by atoms with Crippen LogP contribution in [-0.2, 0) is 18.9 Å². The number of hydrogen-bond donors (Lipinski definition) is 1. The zero-order chi connectivity index (χ0) is 11.4. The van der Waals surface area contributed by atoms with Gasteiger partial charge in [-0.2, -0.15) is 0 Å². The van der Waals surface area contributed by atoms with Crippen molar-refractivity contribution in [3.05, 3.63) is 0 Å². The summed E-state index contributed by atoms with van der Waals surface area (Å²) in [6, 6.07) is 0. The van der Waals surface area contributed by atoms with Crippen molar-refractivity contribution in [1.29, 1.82) is 0 Å². The molecule has 1 atom stereocenters. The van der Waals surface area contributed by atoms with Crippen molar-refractivity contribution in [3.63, 3.8) is 0 Å². The topological polar surface area (TPSA) is 57.2 Å². The van der Waals surface area contributed by atoms with E-state index in [-0.39, 0.29) is 12.9 Å². The minimum atomic E-state index is -0.177. The molecule has 0 aliphatic rings. The highest BCUT2D eigenvalue weighted by Crippen LogP contribution is 1.92. The first kappa shape index (κ1) is 14.8. The zero-order valence-corrected chi connectivity index (χ0v) is 9.61. The van der Waals surface area contributed by atoms with Crippen LogP contribution < -0.4 is 0 Å². The van der Waals surface area contributed by atoms with Gasteiger partial charge in [0.2, 0.25) is 0 Å². The van der Waals surface area contributed by atoms with Crippen LogP contribution in [-0.4, -0.2) is 57.6 Å². The van der Waals surface area contributed by atoms with Crippen LogP contribution in [0.4, 0.5) is 0 Å². The first-order chi connectivity index (χ1) is 7.31. The summed E-state index contributed by atoms with van der Waals surface area (Å²) in [7, 11) is 0.